The molecule has 4 aliphatic rings. The SMILES string of the molecule is Cc1nc(C23CCC(COCc4c(-c5c(Cl)cccc5Cl)noc4C4CC4)(CC2)CC3)sc1C(=O)O. The zero-order valence-electron chi connectivity index (χ0n) is 20.1. The molecule has 4 fully saturated rings. The monoisotopic (exact) mass is 546 g/mol. The third-order valence-corrected chi connectivity index (χ3v) is 10.5. The molecule has 1 aromatic carbocycles. The van der Waals surface area contributed by atoms with Crippen molar-refractivity contribution in [3.63, 3.8) is 0 Å². The van der Waals surface area contributed by atoms with Crippen molar-refractivity contribution in [2.45, 2.75) is 76.2 Å². The van der Waals surface area contributed by atoms with Crippen molar-refractivity contribution in [2.24, 2.45) is 5.41 Å². The van der Waals surface area contributed by atoms with Crippen molar-refractivity contribution in [3.05, 3.63) is 55.1 Å². The van der Waals surface area contributed by atoms with E-state index in [1.54, 1.807) is 6.92 Å². The van der Waals surface area contributed by atoms with Crippen LogP contribution in [0.25, 0.3) is 11.3 Å². The molecule has 190 valence electrons. The van der Waals surface area contributed by atoms with E-state index >= 15 is 0 Å². The van der Waals surface area contributed by atoms with E-state index in [-0.39, 0.29) is 10.8 Å². The molecule has 36 heavy (non-hydrogen) atoms. The van der Waals surface area contributed by atoms with Crippen LogP contribution in [0.3, 0.4) is 0 Å². The highest BCUT2D eigenvalue weighted by Crippen LogP contribution is 2.58. The molecule has 0 amide bonds. The summed E-state index contributed by atoms with van der Waals surface area (Å²) in [5, 5.41) is 16.0. The zero-order valence-corrected chi connectivity index (χ0v) is 22.4. The summed E-state index contributed by atoms with van der Waals surface area (Å²) in [4.78, 5) is 16.6. The number of aromatic nitrogens is 2. The fraction of sp³-hybridized carbons (Fsp3) is 0.519. The zero-order chi connectivity index (χ0) is 25.1. The Balaban J connectivity index is 1.16. The van der Waals surface area contributed by atoms with Gasteiger partial charge in [-0.05, 0) is 75.8 Å². The molecular weight excluding hydrogens is 519 g/mol. The van der Waals surface area contributed by atoms with Gasteiger partial charge < -0.3 is 14.4 Å². The van der Waals surface area contributed by atoms with Crippen LogP contribution >= 0.6 is 34.5 Å². The predicted molar refractivity (Wildman–Crippen MR) is 139 cm³/mol. The molecule has 0 aliphatic heterocycles. The number of halogens is 2. The number of carboxylic acids is 1. The van der Waals surface area contributed by atoms with E-state index in [1.807, 2.05) is 18.2 Å². The number of carbonyl (C=O) groups is 1. The molecule has 2 aromatic heterocycles. The third kappa shape index (κ3) is 4.18. The number of rotatable bonds is 8. The molecule has 6 nitrogen and oxygen atoms in total. The van der Waals surface area contributed by atoms with Gasteiger partial charge in [-0.15, -0.1) is 11.3 Å². The van der Waals surface area contributed by atoms with Crippen LogP contribution < -0.4 is 0 Å². The molecule has 3 aromatic rings. The van der Waals surface area contributed by atoms with E-state index in [0.717, 1.165) is 67.7 Å². The molecule has 2 heterocycles. The van der Waals surface area contributed by atoms with Crippen LogP contribution in [0.15, 0.2) is 22.7 Å². The minimum absolute atomic E-state index is 0.0203. The Hall–Kier alpha value is -1.93. The van der Waals surface area contributed by atoms with Gasteiger partial charge >= 0.3 is 5.97 Å². The number of hydrogen-bond acceptors (Lipinski definition) is 6. The molecule has 7 rings (SSSR count). The molecule has 0 unspecified atom stereocenters. The van der Waals surface area contributed by atoms with Gasteiger partial charge in [0.05, 0.1) is 34.0 Å². The minimum atomic E-state index is -0.876. The summed E-state index contributed by atoms with van der Waals surface area (Å²) in [7, 11) is 0. The van der Waals surface area contributed by atoms with Gasteiger partial charge in [0.25, 0.3) is 0 Å². The fourth-order valence-electron chi connectivity index (χ4n) is 6.04. The van der Waals surface area contributed by atoms with Crippen LogP contribution in [0.2, 0.25) is 10.0 Å². The molecule has 9 heteroatoms. The van der Waals surface area contributed by atoms with Crippen LogP contribution in [0.4, 0.5) is 0 Å². The summed E-state index contributed by atoms with van der Waals surface area (Å²) < 4.78 is 12.2. The van der Waals surface area contributed by atoms with Crippen molar-refractivity contribution < 1.29 is 19.2 Å². The van der Waals surface area contributed by atoms with Crippen LogP contribution in [0.5, 0.6) is 0 Å². The van der Waals surface area contributed by atoms with E-state index in [0.29, 0.717) is 51.0 Å². The summed E-state index contributed by atoms with van der Waals surface area (Å²) in [6, 6.07) is 5.46. The standard InChI is InChI=1S/C27H28Cl2N2O4S/c1-15-23(24(32)33)36-25(30-15)27-10-7-26(8-11-27,9-12-27)14-34-13-17-21(31-35-22(17)16-5-6-16)20-18(28)3-2-4-19(20)29/h2-4,16H,5-14H2,1H3,(H,32,33). The minimum Gasteiger partial charge on any atom is -0.477 e. The van der Waals surface area contributed by atoms with E-state index in [1.165, 1.54) is 11.3 Å². The molecule has 0 atom stereocenters. The second-order valence-electron chi connectivity index (χ2n) is 10.8. The first-order valence-corrected chi connectivity index (χ1v) is 14.1. The number of hydrogen-bond donors (Lipinski definition) is 1. The molecular formula is C27H28Cl2N2O4S. The summed E-state index contributed by atoms with van der Waals surface area (Å²) >= 11 is 14.4. The van der Waals surface area contributed by atoms with Crippen LogP contribution in [0, 0.1) is 12.3 Å². The van der Waals surface area contributed by atoms with Gasteiger partial charge in [-0.3, -0.25) is 0 Å². The number of aromatic carboxylic acids is 1. The first-order chi connectivity index (χ1) is 17.3. The number of ether oxygens (including phenoxy) is 1. The highest BCUT2D eigenvalue weighted by molar-refractivity contribution is 7.13. The fourth-order valence-corrected chi connectivity index (χ4v) is 7.80. The van der Waals surface area contributed by atoms with E-state index in [2.05, 4.69) is 5.16 Å². The average molecular weight is 548 g/mol. The predicted octanol–water partition coefficient (Wildman–Crippen LogP) is 7.80. The Morgan fingerprint density at radius 3 is 2.42 bits per heavy atom. The van der Waals surface area contributed by atoms with Crippen LogP contribution in [-0.4, -0.2) is 27.8 Å². The number of benzene rings is 1. The van der Waals surface area contributed by atoms with Crippen LogP contribution in [0.1, 0.15) is 89.0 Å². The average Bonchev–Trinajstić information content (AvgIpc) is 3.51. The number of nitrogens with zero attached hydrogens (tertiary/aromatic N) is 2. The Kier molecular flexibility index (Phi) is 6.18. The van der Waals surface area contributed by atoms with Gasteiger partial charge in [0.1, 0.15) is 16.3 Å². The molecule has 4 aliphatic carbocycles. The Labute approximate surface area is 224 Å². The summed E-state index contributed by atoms with van der Waals surface area (Å²) in [5.74, 6) is 0.420. The number of carboxylic acid groups (broad SMARTS) is 1. The van der Waals surface area contributed by atoms with E-state index in [9.17, 15) is 9.90 Å². The molecule has 1 N–H and O–H groups in total. The van der Waals surface area contributed by atoms with Crippen molar-refractivity contribution in [1.29, 1.82) is 0 Å². The lowest BCUT2D eigenvalue weighted by atomic mass is 9.54. The van der Waals surface area contributed by atoms with Crippen molar-refractivity contribution in [2.75, 3.05) is 6.61 Å². The molecule has 0 radical (unpaired) electrons. The quantitative estimate of drug-likeness (QED) is 0.310. The summed E-state index contributed by atoms with van der Waals surface area (Å²) in [6.45, 7) is 2.91. The van der Waals surface area contributed by atoms with Crippen LogP contribution in [-0.2, 0) is 16.8 Å². The van der Waals surface area contributed by atoms with E-state index < -0.39 is 5.97 Å². The number of fused-ring (bicyclic) bond motifs is 3. The molecule has 4 saturated carbocycles. The molecule has 0 spiro atoms. The second-order valence-corrected chi connectivity index (χ2v) is 12.6. The highest BCUT2D eigenvalue weighted by atomic mass is 35.5. The Morgan fingerprint density at radius 2 is 1.83 bits per heavy atom. The Bertz CT molecular complexity index is 1280. The highest BCUT2D eigenvalue weighted by Gasteiger charge is 2.51. The largest absolute Gasteiger partial charge is 0.477 e. The second kappa shape index (κ2) is 9.12. The van der Waals surface area contributed by atoms with Gasteiger partial charge in [0.15, 0.2) is 0 Å². The molecule has 2 bridgehead atoms. The lowest BCUT2D eigenvalue weighted by molar-refractivity contribution is -0.0434. The maximum Gasteiger partial charge on any atom is 0.347 e. The van der Waals surface area contributed by atoms with Crippen molar-refractivity contribution in [3.8, 4) is 11.3 Å². The number of aryl methyl sites for hydroxylation is 1. The van der Waals surface area contributed by atoms with Gasteiger partial charge in [0.2, 0.25) is 0 Å². The normalized spacial score (nSPS) is 25.4. The number of thiazole rings is 1. The Morgan fingerprint density at radius 1 is 1.17 bits per heavy atom. The lowest BCUT2D eigenvalue weighted by Gasteiger charge is -2.52. The van der Waals surface area contributed by atoms with Gasteiger partial charge in [0, 0.05) is 22.5 Å². The van der Waals surface area contributed by atoms with Gasteiger partial charge in [-0.1, -0.05) is 34.4 Å². The van der Waals surface area contributed by atoms with Gasteiger partial charge in [-0.25, -0.2) is 9.78 Å². The maximum atomic E-state index is 11.5. The smallest absolute Gasteiger partial charge is 0.347 e. The van der Waals surface area contributed by atoms with Crippen molar-refractivity contribution in [1.82, 2.24) is 10.1 Å². The summed E-state index contributed by atoms with van der Waals surface area (Å²) in [5.41, 5.74) is 3.16. The third-order valence-electron chi connectivity index (χ3n) is 8.47. The lowest BCUT2D eigenvalue weighted by Crippen LogP contribution is -2.46. The maximum absolute atomic E-state index is 11.5. The van der Waals surface area contributed by atoms with E-state index in [4.69, 9.17) is 37.4 Å². The van der Waals surface area contributed by atoms with Gasteiger partial charge in [-0.2, -0.15) is 0 Å². The topological polar surface area (TPSA) is 85.5 Å². The first-order valence-electron chi connectivity index (χ1n) is 12.5. The molecule has 0 saturated heterocycles. The first kappa shape index (κ1) is 24.4. The van der Waals surface area contributed by atoms with Crippen molar-refractivity contribution >= 4 is 40.5 Å². The summed E-state index contributed by atoms with van der Waals surface area (Å²) in [6.07, 6.45) is 8.49.